The topological polar surface area (TPSA) is 94.9 Å². The first-order valence-electron chi connectivity index (χ1n) is 6.03. The van der Waals surface area contributed by atoms with E-state index >= 15 is 0 Å². The van der Waals surface area contributed by atoms with Crippen LogP contribution in [0.5, 0.6) is 0 Å². The second-order valence-corrected chi connectivity index (χ2v) is 4.80. The van der Waals surface area contributed by atoms with Gasteiger partial charge in [0.1, 0.15) is 5.69 Å². The van der Waals surface area contributed by atoms with Crippen molar-refractivity contribution >= 4 is 34.1 Å². The summed E-state index contributed by atoms with van der Waals surface area (Å²) in [6, 6.07) is 11.3. The number of aromatic nitrogens is 2. The van der Waals surface area contributed by atoms with Crippen LogP contribution in [0.3, 0.4) is 0 Å². The summed E-state index contributed by atoms with van der Waals surface area (Å²) in [7, 11) is 0. The Bertz CT molecular complexity index is 867. The van der Waals surface area contributed by atoms with E-state index < -0.39 is 4.92 Å². The Morgan fingerprint density at radius 1 is 1.10 bits per heavy atom. The molecule has 0 aliphatic rings. The van der Waals surface area contributed by atoms with Gasteiger partial charge in [0.05, 0.1) is 21.5 Å². The number of hydrogen-bond donors (Lipinski definition) is 1. The number of nitro benzene ring substituents is 1. The number of anilines is 1. The molecule has 1 aromatic heterocycles. The molecule has 0 aliphatic heterocycles. The zero-order valence-electron chi connectivity index (χ0n) is 10.7. The summed E-state index contributed by atoms with van der Waals surface area (Å²) in [5.41, 5.74) is 7.55. The predicted octanol–water partition coefficient (Wildman–Crippen LogP) is 3.44. The number of nitrogens with two attached hydrogens (primary N) is 1. The summed E-state index contributed by atoms with van der Waals surface area (Å²) in [5.74, 6) is 0.138. The van der Waals surface area contributed by atoms with E-state index in [-0.39, 0.29) is 17.2 Å². The highest BCUT2D eigenvalue weighted by molar-refractivity contribution is 6.31. The highest BCUT2D eigenvalue weighted by Gasteiger charge is 2.18. The average molecular weight is 301 g/mol. The Morgan fingerprint density at radius 2 is 1.86 bits per heavy atom. The maximum Gasteiger partial charge on any atom is 0.278 e. The summed E-state index contributed by atoms with van der Waals surface area (Å²) >= 11 is 5.93. The van der Waals surface area contributed by atoms with Crippen LogP contribution in [0.15, 0.2) is 42.5 Å². The number of nitro groups is 1. The molecule has 0 atom stereocenters. The number of rotatable bonds is 2. The summed E-state index contributed by atoms with van der Waals surface area (Å²) in [6.45, 7) is 0. The number of para-hydroxylation sites is 1. The van der Waals surface area contributed by atoms with Crippen molar-refractivity contribution in [3.63, 3.8) is 0 Å². The van der Waals surface area contributed by atoms with Crippen LogP contribution in [0.25, 0.3) is 22.3 Å². The molecule has 2 aromatic carbocycles. The SMILES string of the molecule is Nc1nc2ccc(Cl)cc2nc1-c1ccccc1[N+](=O)[O-]. The second kappa shape index (κ2) is 4.99. The standard InChI is InChI=1S/C14H9ClN4O2/c15-8-5-6-10-11(7-8)17-13(14(16)18-10)9-3-1-2-4-12(9)19(20)21/h1-7H,(H2,16,18). The van der Waals surface area contributed by atoms with E-state index in [0.717, 1.165) is 0 Å². The molecule has 0 saturated carbocycles. The Labute approximate surface area is 124 Å². The second-order valence-electron chi connectivity index (χ2n) is 4.36. The fraction of sp³-hybridized carbons (Fsp3) is 0. The first-order chi connectivity index (χ1) is 10.1. The number of nitrogen functional groups attached to an aromatic ring is 1. The molecule has 3 rings (SSSR count). The highest BCUT2D eigenvalue weighted by Crippen LogP contribution is 2.32. The van der Waals surface area contributed by atoms with Gasteiger partial charge in [-0.25, -0.2) is 9.97 Å². The minimum absolute atomic E-state index is 0.0696. The maximum atomic E-state index is 11.1. The molecular weight excluding hydrogens is 292 g/mol. The largest absolute Gasteiger partial charge is 0.382 e. The fourth-order valence-corrected chi connectivity index (χ4v) is 2.24. The third-order valence-corrected chi connectivity index (χ3v) is 3.24. The van der Waals surface area contributed by atoms with Gasteiger partial charge in [-0.3, -0.25) is 10.1 Å². The molecule has 0 radical (unpaired) electrons. The van der Waals surface area contributed by atoms with Gasteiger partial charge in [-0.2, -0.15) is 0 Å². The maximum absolute atomic E-state index is 11.1. The Kier molecular flexibility index (Phi) is 3.15. The van der Waals surface area contributed by atoms with Gasteiger partial charge < -0.3 is 5.73 Å². The summed E-state index contributed by atoms with van der Waals surface area (Å²) in [5, 5.41) is 11.6. The molecular formula is C14H9ClN4O2. The third-order valence-electron chi connectivity index (χ3n) is 3.01. The van der Waals surface area contributed by atoms with Crippen LogP contribution in [-0.2, 0) is 0 Å². The van der Waals surface area contributed by atoms with E-state index in [1.807, 2.05) is 0 Å². The van der Waals surface area contributed by atoms with Gasteiger partial charge in [-0.05, 0) is 24.3 Å². The molecule has 0 bridgehead atoms. The van der Waals surface area contributed by atoms with Gasteiger partial charge in [0.15, 0.2) is 5.82 Å². The number of fused-ring (bicyclic) bond motifs is 1. The molecule has 1 heterocycles. The Hall–Kier alpha value is -2.73. The molecule has 2 N–H and O–H groups in total. The molecule has 0 spiro atoms. The smallest absolute Gasteiger partial charge is 0.278 e. The molecule has 0 saturated heterocycles. The van der Waals surface area contributed by atoms with Gasteiger partial charge in [0.2, 0.25) is 0 Å². The molecule has 21 heavy (non-hydrogen) atoms. The summed E-state index contributed by atoms with van der Waals surface area (Å²) < 4.78 is 0. The lowest BCUT2D eigenvalue weighted by molar-refractivity contribution is -0.384. The van der Waals surface area contributed by atoms with Crippen molar-refractivity contribution < 1.29 is 4.92 Å². The van der Waals surface area contributed by atoms with Crippen molar-refractivity contribution in [2.75, 3.05) is 5.73 Å². The predicted molar refractivity (Wildman–Crippen MR) is 81.1 cm³/mol. The average Bonchev–Trinajstić information content (AvgIpc) is 2.47. The molecule has 104 valence electrons. The number of nitrogens with zero attached hydrogens (tertiary/aromatic N) is 3. The first-order valence-corrected chi connectivity index (χ1v) is 6.40. The van der Waals surface area contributed by atoms with Crippen LogP contribution in [-0.4, -0.2) is 14.9 Å². The van der Waals surface area contributed by atoms with Crippen LogP contribution in [0.1, 0.15) is 0 Å². The minimum Gasteiger partial charge on any atom is -0.382 e. The van der Waals surface area contributed by atoms with Gasteiger partial charge >= 0.3 is 0 Å². The van der Waals surface area contributed by atoms with E-state index in [1.165, 1.54) is 6.07 Å². The van der Waals surface area contributed by atoms with Crippen molar-refractivity contribution in [3.05, 3.63) is 57.6 Å². The Morgan fingerprint density at radius 3 is 2.62 bits per heavy atom. The molecule has 3 aromatic rings. The van der Waals surface area contributed by atoms with E-state index in [4.69, 9.17) is 17.3 Å². The number of halogens is 1. The molecule has 7 heteroatoms. The lowest BCUT2D eigenvalue weighted by Gasteiger charge is -2.07. The molecule has 0 fully saturated rings. The van der Waals surface area contributed by atoms with Crippen LogP contribution in [0.4, 0.5) is 11.5 Å². The molecule has 0 aliphatic carbocycles. The molecule has 6 nitrogen and oxygen atoms in total. The Balaban J connectivity index is 2.30. The van der Waals surface area contributed by atoms with Crippen LogP contribution in [0, 0.1) is 10.1 Å². The third kappa shape index (κ3) is 2.36. The summed E-state index contributed by atoms with van der Waals surface area (Å²) in [6.07, 6.45) is 0. The van der Waals surface area contributed by atoms with Crippen LogP contribution in [0.2, 0.25) is 5.02 Å². The first kappa shape index (κ1) is 13.3. The van der Waals surface area contributed by atoms with E-state index in [1.54, 1.807) is 36.4 Å². The van der Waals surface area contributed by atoms with Crippen LogP contribution >= 0.6 is 11.6 Å². The fourth-order valence-electron chi connectivity index (χ4n) is 2.07. The number of benzene rings is 2. The van der Waals surface area contributed by atoms with Gasteiger partial charge in [0, 0.05) is 11.1 Å². The van der Waals surface area contributed by atoms with E-state index in [2.05, 4.69) is 9.97 Å². The molecule has 0 unspecified atom stereocenters. The van der Waals surface area contributed by atoms with Crippen molar-refractivity contribution in [2.24, 2.45) is 0 Å². The van der Waals surface area contributed by atoms with Gasteiger partial charge in [-0.15, -0.1) is 0 Å². The lowest BCUT2D eigenvalue weighted by atomic mass is 10.1. The zero-order chi connectivity index (χ0) is 15.0. The quantitative estimate of drug-likeness (QED) is 0.578. The van der Waals surface area contributed by atoms with Crippen molar-refractivity contribution in [2.45, 2.75) is 0 Å². The van der Waals surface area contributed by atoms with Gasteiger partial charge in [0.25, 0.3) is 5.69 Å². The normalized spacial score (nSPS) is 10.7. The number of hydrogen-bond acceptors (Lipinski definition) is 5. The lowest BCUT2D eigenvalue weighted by Crippen LogP contribution is -2.00. The van der Waals surface area contributed by atoms with E-state index in [0.29, 0.717) is 21.6 Å². The molecule has 0 amide bonds. The highest BCUT2D eigenvalue weighted by atomic mass is 35.5. The zero-order valence-corrected chi connectivity index (χ0v) is 11.4. The van der Waals surface area contributed by atoms with Gasteiger partial charge in [-0.1, -0.05) is 23.7 Å². The monoisotopic (exact) mass is 300 g/mol. The minimum atomic E-state index is -0.474. The summed E-state index contributed by atoms with van der Waals surface area (Å²) in [4.78, 5) is 19.2. The van der Waals surface area contributed by atoms with E-state index in [9.17, 15) is 10.1 Å². The van der Waals surface area contributed by atoms with Crippen molar-refractivity contribution in [1.29, 1.82) is 0 Å². The van der Waals surface area contributed by atoms with Crippen molar-refractivity contribution in [3.8, 4) is 11.3 Å². The van der Waals surface area contributed by atoms with Crippen molar-refractivity contribution in [1.82, 2.24) is 9.97 Å². The van der Waals surface area contributed by atoms with Crippen LogP contribution < -0.4 is 5.73 Å².